The van der Waals surface area contributed by atoms with E-state index in [9.17, 15) is 0 Å². The van der Waals surface area contributed by atoms with E-state index in [0.29, 0.717) is 0 Å². The van der Waals surface area contributed by atoms with E-state index in [-0.39, 0.29) is 0 Å². The molecule has 3 heterocycles. The lowest BCUT2D eigenvalue weighted by Crippen LogP contribution is -2.74. The molecule has 13 rings (SSSR count). The van der Waals surface area contributed by atoms with Gasteiger partial charge in [-0.25, -0.2) is 0 Å². The standard InChI is InChI=1S/C62H45N3SSi/c1-42-29-33-57-53(37-42)54-38-43(2)30-34-58(54)64(57)46-32-36-60-62(41-46)66-61-40-45(63-55-27-14-12-25-51(55)52-26-13-15-28-56(52)63)31-35-59(61)65(60)44-17-16-24-50(39-44)67(47-18-6-3-7-19-47,48-20-8-4-9-21-48)49-22-10-5-11-23-49/h3-41H,1-2H3. The van der Waals surface area contributed by atoms with Gasteiger partial charge in [-0.1, -0.05) is 175 Å². The maximum atomic E-state index is 2.52. The fraction of sp³-hybridized carbons (Fsp3) is 0.0323. The van der Waals surface area contributed by atoms with Gasteiger partial charge in [0.05, 0.1) is 33.4 Å². The van der Waals surface area contributed by atoms with Gasteiger partial charge in [0.15, 0.2) is 8.07 Å². The highest BCUT2D eigenvalue weighted by Crippen LogP contribution is 2.53. The molecule has 0 radical (unpaired) electrons. The molecule has 67 heavy (non-hydrogen) atoms. The molecule has 0 fully saturated rings. The van der Waals surface area contributed by atoms with Gasteiger partial charge >= 0.3 is 0 Å². The summed E-state index contributed by atoms with van der Waals surface area (Å²) in [6.07, 6.45) is 0. The van der Waals surface area contributed by atoms with E-state index in [1.54, 1.807) is 0 Å². The van der Waals surface area contributed by atoms with Crippen LogP contribution in [0.5, 0.6) is 0 Å². The lowest BCUT2D eigenvalue weighted by molar-refractivity contribution is 1.11. The first kappa shape index (κ1) is 39.5. The van der Waals surface area contributed by atoms with Gasteiger partial charge in [-0.2, -0.15) is 0 Å². The monoisotopic (exact) mass is 891 g/mol. The van der Waals surface area contributed by atoms with E-state index in [2.05, 4.69) is 264 Å². The van der Waals surface area contributed by atoms with Crippen molar-refractivity contribution in [2.75, 3.05) is 4.90 Å². The predicted octanol–water partition coefficient (Wildman–Crippen LogP) is 13.8. The van der Waals surface area contributed by atoms with Crippen LogP contribution in [0.15, 0.2) is 246 Å². The Balaban J connectivity index is 1.05. The predicted molar refractivity (Wildman–Crippen MR) is 287 cm³/mol. The van der Waals surface area contributed by atoms with E-state index in [0.717, 1.165) is 17.1 Å². The van der Waals surface area contributed by atoms with Crippen molar-refractivity contribution in [2.45, 2.75) is 23.6 Å². The molecule has 0 atom stereocenters. The third kappa shape index (κ3) is 6.19. The Morgan fingerprint density at radius 1 is 0.313 bits per heavy atom. The molecule has 0 amide bonds. The SMILES string of the molecule is Cc1ccc2c(c1)c1cc(C)ccc1n2-c1ccc2c(c1)Sc1cc(-n3c4ccccc4c4ccccc43)ccc1N2c1cccc([Si](c2ccccc2)(c2ccccc2)c2ccccc2)c1. The zero-order chi connectivity index (χ0) is 44.6. The molecule has 5 heteroatoms. The number of anilines is 3. The molecule has 12 aromatic rings. The zero-order valence-electron chi connectivity index (χ0n) is 37.3. The molecule has 0 unspecified atom stereocenters. The van der Waals surface area contributed by atoms with Crippen LogP contribution in [-0.4, -0.2) is 17.2 Å². The summed E-state index contributed by atoms with van der Waals surface area (Å²) in [4.78, 5) is 4.94. The van der Waals surface area contributed by atoms with Crippen LogP contribution in [0.25, 0.3) is 55.0 Å². The Kier molecular flexibility index (Phi) is 9.24. The first-order valence-electron chi connectivity index (χ1n) is 23.1. The van der Waals surface area contributed by atoms with E-state index in [1.807, 2.05) is 11.8 Å². The van der Waals surface area contributed by atoms with Crippen molar-refractivity contribution < 1.29 is 0 Å². The van der Waals surface area contributed by atoms with Crippen molar-refractivity contribution in [1.82, 2.24) is 9.13 Å². The largest absolute Gasteiger partial charge is 0.309 e. The second kappa shape index (κ2) is 15.7. The van der Waals surface area contributed by atoms with Crippen LogP contribution >= 0.6 is 11.8 Å². The number of aromatic nitrogens is 2. The number of hydrogen-bond acceptors (Lipinski definition) is 2. The minimum absolute atomic E-state index is 1.14. The Morgan fingerprint density at radius 2 is 0.731 bits per heavy atom. The molecule has 0 N–H and O–H groups in total. The summed E-state index contributed by atoms with van der Waals surface area (Å²) in [5.41, 5.74) is 13.2. The van der Waals surface area contributed by atoms with Gasteiger partial charge in [-0.15, -0.1) is 0 Å². The fourth-order valence-electron chi connectivity index (χ4n) is 11.0. The molecule has 0 spiro atoms. The van der Waals surface area contributed by atoms with Crippen LogP contribution in [0, 0.1) is 13.8 Å². The number of nitrogens with zero attached hydrogens (tertiary/aromatic N) is 3. The molecule has 0 saturated carbocycles. The molecule has 1 aliphatic heterocycles. The maximum absolute atomic E-state index is 2.82. The van der Waals surface area contributed by atoms with Crippen LogP contribution in [0.4, 0.5) is 17.1 Å². The van der Waals surface area contributed by atoms with Crippen molar-refractivity contribution in [2.24, 2.45) is 0 Å². The summed E-state index contributed by atoms with van der Waals surface area (Å²) in [5.74, 6) is 0. The highest BCUT2D eigenvalue weighted by atomic mass is 32.2. The van der Waals surface area contributed by atoms with Crippen LogP contribution in [-0.2, 0) is 0 Å². The third-order valence-corrected chi connectivity index (χ3v) is 19.8. The third-order valence-electron chi connectivity index (χ3n) is 13.9. The molecule has 3 nitrogen and oxygen atoms in total. The Hall–Kier alpha value is -7.83. The van der Waals surface area contributed by atoms with E-state index in [4.69, 9.17) is 0 Å². The molecular weight excluding hydrogens is 847 g/mol. The lowest BCUT2D eigenvalue weighted by Gasteiger charge is -2.37. The molecule has 1 aliphatic rings. The van der Waals surface area contributed by atoms with Crippen molar-refractivity contribution in [3.8, 4) is 11.4 Å². The highest BCUT2D eigenvalue weighted by Gasteiger charge is 2.42. The quantitative estimate of drug-likeness (QED) is 0.117. The van der Waals surface area contributed by atoms with Gasteiger partial charge in [0.25, 0.3) is 0 Å². The van der Waals surface area contributed by atoms with Crippen molar-refractivity contribution in [3.63, 3.8) is 0 Å². The van der Waals surface area contributed by atoms with E-state index >= 15 is 0 Å². The summed E-state index contributed by atoms with van der Waals surface area (Å²) >= 11 is 1.87. The highest BCUT2D eigenvalue weighted by molar-refractivity contribution is 7.99. The van der Waals surface area contributed by atoms with Crippen LogP contribution in [0.3, 0.4) is 0 Å². The average Bonchev–Trinajstić information content (AvgIpc) is 3.88. The summed E-state index contributed by atoms with van der Waals surface area (Å²) in [6, 6.07) is 88.6. The molecule has 318 valence electrons. The number of benzene rings is 10. The lowest BCUT2D eigenvalue weighted by atomic mass is 10.1. The van der Waals surface area contributed by atoms with Crippen molar-refractivity contribution in [3.05, 3.63) is 248 Å². The van der Waals surface area contributed by atoms with Gasteiger partial charge in [-0.05, 0) is 120 Å². The normalized spacial score (nSPS) is 12.5. The zero-order valence-corrected chi connectivity index (χ0v) is 39.1. The number of aryl methyl sites for hydroxylation is 2. The number of para-hydroxylation sites is 2. The number of fused-ring (bicyclic) bond motifs is 8. The smallest absolute Gasteiger partial charge is 0.179 e. The fourth-order valence-corrected chi connectivity index (χ4v) is 16.9. The average molecular weight is 892 g/mol. The first-order valence-corrected chi connectivity index (χ1v) is 25.9. The summed E-state index contributed by atoms with van der Waals surface area (Å²) in [6.45, 7) is 4.38. The Morgan fingerprint density at radius 3 is 1.21 bits per heavy atom. The van der Waals surface area contributed by atoms with Gasteiger partial charge < -0.3 is 14.0 Å². The van der Waals surface area contributed by atoms with Gasteiger partial charge in [0, 0.05) is 48.4 Å². The Labute approximate surface area is 395 Å². The first-order chi connectivity index (χ1) is 33.0. The maximum Gasteiger partial charge on any atom is 0.179 e. The minimum atomic E-state index is -2.82. The van der Waals surface area contributed by atoms with Gasteiger partial charge in [0.1, 0.15) is 0 Å². The van der Waals surface area contributed by atoms with E-state index in [1.165, 1.54) is 96.7 Å². The number of rotatable bonds is 7. The minimum Gasteiger partial charge on any atom is -0.309 e. The van der Waals surface area contributed by atoms with Crippen molar-refractivity contribution in [1.29, 1.82) is 0 Å². The van der Waals surface area contributed by atoms with Crippen LogP contribution in [0.1, 0.15) is 11.1 Å². The summed E-state index contributed by atoms with van der Waals surface area (Å²) in [7, 11) is -2.82. The molecule has 2 aromatic heterocycles. The van der Waals surface area contributed by atoms with Gasteiger partial charge in [0.2, 0.25) is 0 Å². The topological polar surface area (TPSA) is 13.1 Å². The van der Waals surface area contributed by atoms with Gasteiger partial charge in [-0.3, -0.25) is 0 Å². The molecule has 0 saturated heterocycles. The summed E-state index contributed by atoms with van der Waals surface area (Å²) in [5, 5.41) is 10.5. The number of hydrogen-bond donors (Lipinski definition) is 0. The van der Waals surface area contributed by atoms with E-state index < -0.39 is 8.07 Å². The molecule has 0 bridgehead atoms. The molecule has 0 aliphatic carbocycles. The Bertz CT molecular complexity index is 3660. The summed E-state index contributed by atoms with van der Waals surface area (Å²) < 4.78 is 4.89. The second-order valence-electron chi connectivity index (χ2n) is 17.9. The molecular formula is C62H45N3SSi. The second-order valence-corrected chi connectivity index (χ2v) is 22.8. The van der Waals surface area contributed by atoms with Crippen molar-refractivity contribution >= 4 is 101 Å². The molecule has 10 aromatic carbocycles. The van der Waals surface area contributed by atoms with Crippen LogP contribution < -0.4 is 25.6 Å². The van der Waals surface area contributed by atoms with Crippen LogP contribution in [0.2, 0.25) is 0 Å².